The molecule has 0 spiro atoms. The second-order valence-corrected chi connectivity index (χ2v) is 10.1. The zero-order valence-corrected chi connectivity index (χ0v) is 21.4. The van der Waals surface area contributed by atoms with Gasteiger partial charge in [-0.15, -0.1) is 0 Å². The Kier molecular flexibility index (Phi) is 9.92. The first-order chi connectivity index (χ1) is 16.1. The zero-order valence-electron chi connectivity index (χ0n) is 20.6. The third-order valence-corrected chi connectivity index (χ3v) is 6.67. The number of anilines is 1. The molecular formula is C25H35N3O5S. The highest BCUT2D eigenvalue weighted by Gasteiger charge is 2.26. The Bertz CT molecular complexity index is 1070. The summed E-state index contributed by atoms with van der Waals surface area (Å²) in [7, 11) is -1.93. The van der Waals surface area contributed by atoms with Crippen LogP contribution in [0.1, 0.15) is 37.8 Å². The van der Waals surface area contributed by atoms with Crippen LogP contribution in [0.3, 0.4) is 0 Å². The molecule has 0 heterocycles. The number of nitrogens with one attached hydrogen (secondary N) is 1. The average Bonchev–Trinajstić information content (AvgIpc) is 2.79. The predicted molar refractivity (Wildman–Crippen MR) is 134 cm³/mol. The summed E-state index contributed by atoms with van der Waals surface area (Å²) in [6, 6.07) is 13.9. The van der Waals surface area contributed by atoms with Crippen LogP contribution in [0.25, 0.3) is 0 Å². The van der Waals surface area contributed by atoms with E-state index < -0.39 is 16.1 Å². The number of hydrogen-bond acceptors (Lipinski definition) is 5. The summed E-state index contributed by atoms with van der Waals surface area (Å²) >= 11 is 0. The van der Waals surface area contributed by atoms with E-state index in [0.717, 1.165) is 17.4 Å². The average molecular weight is 490 g/mol. The molecule has 0 aliphatic carbocycles. The molecule has 0 radical (unpaired) electrons. The highest BCUT2D eigenvalue weighted by atomic mass is 32.2. The van der Waals surface area contributed by atoms with Gasteiger partial charge in [-0.3, -0.25) is 13.9 Å². The minimum atomic E-state index is -3.51. The van der Waals surface area contributed by atoms with E-state index in [1.807, 2.05) is 32.0 Å². The van der Waals surface area contributed by atoms with Gasteiger partial charge in [0.1, 0.15) is 11.8 Å². The number of rotatable bonds is 12. The highest BCUT2D eigenvalue weighted by molar-refractivity contribution is 7.92. The first-order valence-corrected chi connectivity index (χ1v) is 13.2. The molecule has 9 heteroatoms. The summed E-state index contributed by atoms with van der Waals surface area (Å²) in [4.78, 5) is 27.2. The van der Waals surface area contributed by atoms with Crippen LogP contribution in [-0.2, 0) is 26.2 Å². The number of amides is 2. The number of methoxy groups -OCH3 is 1. The van der Waals surface area contributed by atoms with E-state index in [2.05, 4.69) is 5.32 Å². The van der Waals surface area contributed by atoms with Crippen molar-refractivity contribution < 1.29 is 22.7 Å². The molecule has 2 aromatic carbocycles. The quantitative estimate of drug-likeness (QED) is 0.494. The fraction of sp³-hybridized carbons (Fsp3) is 0.440. The lowest BCUT2D eigenvalue weighted by molar-refractivity contribution is -0.140. The molecule has 8 nitrogen and oxygen atoms in total. The van der Waals surface area contributed by atoms with Gasteiger partial charge in [0.15, 0.2) is 0 Å². The van der Waals surface area contributed by atoms with Crippen molar-refractivity contribution in [2.24, 2.45) is 0 Å². The van der Waals surface area contributed by atoms with Crippen LogP contribution in [0, 0.1) is 6.92 Å². The van der Waals surface area contributed by atoms with Crippen LogP contribution >= 0.6 is 0 Å². The largest absolute Gasteiger partial charge is 0.497 e. The SMILES string of the molecule is CCNC(=O)[C@@H](C)N(Cc1ccc(OC)cc1)C(=O)CCCN(c1cccc(C)c1)S(C)(=O)=O. The van der Waals surface area contributed by atoms with Gasteiger partial charge in [0.25, 0.3) is 0 Å². The van der Waals surface area contributed by atoms with E-state index in [4.69, 9.17) is 4.74 Å². The minimum absolute atomic E-state index is 0.109. The summed E-state index contributed by atoms with van der Waals surface area (Å²) < 4.78 is 31.3. The normalized spacial score (nSPS) is 12.0. The molecule has 0 saturated carbocycles. The molecule has 0 aromatic heterocycles. The third-order valence-electron chi connectivity index (χ3n) is 5.47. The Morgan fingerprint density at radius 3 is 2.35 bits per heavy atom. The van der Waals surface area contributed by atoms with Crippen molar-refractivity contribution in [2.75, 3.05) is 30.8 Å². The van der Waals surface area contributed by atoms with Crippen molar-refractivity contribution in [3.63, 3.8) is 0 Å². The van der Waals surface area contributed by atoms with Gasteiger partial charge in [0.2, 0.25) is 21.8 Å². The number of likely N-dealkylation sites (N-methyl/N-ethyl adjacent to an activating group) is 1. The van der Waals surface area contributed by atoms with E-state index in [9.17, 15) is 18.0 Å². The molecule has 0 unspecified atom stereocenters. The van der Waals surface area contributed by atoms with E-state index in [0.29, 0.717) is 24.4 Å². The molecule has 2 aromatic rings. The predicted octanol–water partition coefficient (Wildman–Crippen LogP) is 3.10. The lowest BCUT2D eigenvalue weighted by atomic mass is 10.1. The van der Waals surface area contributed by atoms with Crippen molar-refractivity contribution >= 4 is 27.5 Å². The van der Waals surface area contributed by atoms with Crippen molar-refractivity contribution in [2.45, 2.75) is 46.2 Å². The van der Waals surface area contributed by atoms with Crippen LogP contribution in [0.15, 0.2) is 48.5 Å². The standard InChI is InChI=1S/C25H35N3O5S/c1-6-26-25(30)20(3)27(18-21-12-14-23(33-4)15-13-21)24(29)11-8-16-28(34(5,31)32)22-10-7-9-19(2)17-22/h7,9-10,12-15,17,20H,6,8,11,16,18H2,1-5H3,(H,26,30)/t20-/m1/s1. The van der Waals surface area contributed by atoms with E-state index >= 15 is 0 Å². The molecule has 34 heavy (non-hydrogen) atoms. The molecule has 186 valence electrons. The topological polar surface area (TPSA) is 96.0 Å². The Labute approximate surface area is 202 Å². The fourth-order valence-electron chi connectivity index (χ4n) is 3.62. The molecule has 0 bridgehead atoms. The molecule has 2 rings (SSSR count). The molecule has 0 saturated heterocycles. The highest BCUT2D eigenvalue weighted by Crippen LogP contribution is 2.20. The van der Waals surface area contributed by atoms with Gasteiger partial charge in [0.05, 0.1) is 19.1 Å². The first kappa shape index (κ1) is 27.2. The lowest BCUT2D eigenvalue weighted by Gasteiger charge is -2.29. The summed E-state index contributed by atoms with van der Waals surface area (Å²) in [5.74, 6) is 0.254. The Balaban J connectivity index is 2.15. The number of benzene rings is 2. The van der Waals surface area contributed by atoms with Gasteiger partial charge in [-0.2, -0.15) is 0 Å². The molecular weight excluding hydrogens is 454 g/mol. The van der Waals surface area contributed by atoms with Gasteiger partial charge in [0, 0.05) is 26.1 Å². The van der Waals surface area contributed by atoms with Crippen molar-refractivity contribution in [1.29, 1.82) is 0 Å². The number of nitrogens with zero attached hydrogens (tertiary/aromatic N) is 2. The van der Waals surface area contributed by atoms with Crippen LogP contribution < -0.4 is 14.4 Å². The maximum absolute atomic E-state index is 13.2. The molecule has 1 atom stereocenters. The monoisotopic (exact) mass is 489 g/mol. The van der Waals surface area contributed by atoms with Crippen molar-refractivity contribution in [3.8, 4) is 5.75 Å². The summed E-state index contributed by atoms with van der Waals surface area (Å²) in [5, 5.41) is 2.77. The first-order valence-electron chi connectivity index (χ1n) is 11.3. The number of sulfonamides is 1. The van der Waals surface area contributed by atoms with Crippen LogP contribution in [0.5, 0.6) is 5.75 Å². The van der Waals surface area contributed by atoms with Crippen LogP contribution in [0.4, 0.5) is 5.69 Å². The number of hydrogen-bond donors (Lipinski definition) is 1. The van der Waals surface area contributed by atoms with Gasteiger partial charge in [-0.25, -0.2) is 8.42 Å². The fourth-order valence-corrected chi connectivity index (χ4v) is 4.58. The van der Waals surface area contributed by atoms with Gasteiger partial charge >= 0.3 is 0 Å². The number of carbonyl (C=O) groups is 2. The Hall–Kier alpha value is -3.07. The van der Waals surface area contributed by atoms with Crippen molar-refractivity contribution in [1.82, 2.24) is 10.2 Å². The number of aryl methyl sites for hydroxylation is 1. The van der Waals surface area contributed by atoms with Gasteiger partial charge < -0.3 is 15.0 Å². The summed E-state index contributed by atoms with van der Waals surface area (Å²) in [6.07, 6.45) is 1.59. The maximum Gasteiger partial charge on any atom is 0.242 e. The van der Waals surface area contributed by atoms with Crippen LogP contribution in [-0.4, -0.2) is 57.6 Å². The Morgan fingerprint density at radius 1 is 1.12 bits per heavy atom. The van der Waals surface area contributed by atoms with Crippen molar-refractivity contribution in [3.05, 3.63) is 59.7 Å². The van der Waals surface area contributed by atoms with E-state index in [1.54, 1.807) is 44.4 Å². The van der Waals surface area contributed by atoms with E-state index in [1.165, 1.54) is 9.21 Å². The van der Waals surface area contributed by atoms with Crippen LogP contribution in [0.2, 0.25) is 0 Å². The summed E-state index contributed by atoms with van der Waals surface area (Å²) in [5.41, 5.74) is 2.38. The number of carbonyl (C=O) groups excluding carboxylic acids is 2. The van der Waals surface area contributed by atoms with E-state index in [-0.39, 0.29) is 31.3 Å². The molecule has 0 aliphatic heterocycles. The van der Waals surface area contributed by atoms with Gasteiger partial charge in [-0.1, -0.05) is 24.3 Å². The summed E-state index contributed by atoms with van der Waals surface area (Å²) in [6.45, 7) is 6.31. The minimum Gasteiger partial charge on any atom is -0.497 e. The second-order valence-electron chi connectivity index (χ2n) is 8.22. The molecule has 1 N–H and O–H groups in total. The third kappa shape index (κ3) is 7.76. The molecule has 0 aliphatic rings. The molecule has 2 amide bonds. The molecule has 0 fully saturated rings. The van der Waals surface area contributed by atoms with Gasteiger partial charge in [-0.05, 0) is 62.6 Å². The lowest BCUT2D eigenvalue weighted by Crippen LogP contribution is -2.47. The smallest absolute Gasteiger partial charge is 0.242 e. The Morgan fingerprint density at radius 2 is 1.79 bits per heavy atom. The second kappa shape index (κ2) is 12.4. The number of ether oxygens (including phenoxy) is 1. The zero-order chi connectivity index (χ0) is 25.3. The maximum atomic E-state index is 13.2.